The maximum absolute atomic E-state index is 12.9. The summed E-state index contributed by atoms with van der Waals surface area (Å²) in [5.74, 6) is 0.0962. The molecule has 1 aromatic heterocycles. The predicted molar refractivity (Wildman–Crippen MR) is 136 cm³/mol. The molecule has 36 heavy (non-hydrogen) atoms. The topological polar surface area (TPSA) is 109 Å². The molecule has 1 amide bonds. The maximum Gasteiger partial charge on any atom is 0.290 e. The molecule has 1 saturated heterocycles. The van der Waals surface area contributed by atoms with Crippen molar-refractivity contribution in [1.82, 2.24) is 14.8 Å². The zero-order valence-electron chi connectivity index (χ0n) is 20.8. The molecule has 2 heterocycles. The Kier molecular flexibility index (Phi) is 12.5. The van der Waals surface area contributed by atoms with E-state index >= 15 is 0 Å². The number of alkyl halides is 1. The van der Waals surface area contributed by atoms with E-state index in [9.17, 15) is 18.8 Å². The number of carboxylic acid groups (broad SMARTS) is 1. The lowest BCUT2D eigenvalue weighted by Gasteiger charge is -2.31. The van der Waals surface area contributed by atoms with Gasteiger partial charge in [0.25, 0.3) is 17.9 Å². The highest BCUT2D eigenvalue weighted by molar-refractivity contribution is 6.00. The summed E-state index contributed by atoms with van der Waals surface area (Å²) < 4.78 is 13.9. The van der Waals surface area contributed by atoms with Crippen molar-refractivity contribution in [2.45, 2.75) is 45.1 Å². The Morgan fingerprint density at radius 3 is 2.44 bits per heavy atom. The number of hydrogen-bond donors (Lipinski definition) is 2. The van der Waals surface area contributed by atoms with Crippen LogP contribution in [0.4, 0.5) is 4.39 Å². The summed E-state index contributed by atoms with van der Waals surface area (Å²) in [5.41, 5.74) is 0.890. The van der Waals surface area contributed by atoms with Gasteiger partial charge in [-0.1, -0.05) is 43.2 Å². The number of likely N-dealkylation sites (tertiary alicyclic amines) is 1. The number of hydrogen-bond acceptors (Lipinski definition) is 5. The highest BCUT2D eigenvalue weighted by Gasteiger charge is 2.19. The fourth-order valence-electron chi connectivity index (χ4n) is 4.46. The second kappa shape index (κ2) is 15.6. The van der Waals surface area contributed by atoms with Gasteiger partial charge in [-0.15, -0.1) is 0 Å². The van der Waals surface area contributed by atoms with Crippen LogP contribution >= 0.6 is 0 Å². The first-order valence-corrected chi connectivity index (χ1v) is 12.3. The molecule has 1 aromatic carbocycles. The molecule has 8 nitrogen and oxygen atoms in total. The minimum Gasteiger partial charge on any atom is -0.483 e. The van der Waals surface area contributed by atoms with E-state index in [0.29, 0.717) is 31.0 Å². The van der Waals surface area contributed by atoms with Crippen LogP contribution in [0.1, 0.15) is 64.8 Å². The molecule has 2 aromatic rings. The van der Waals surface area contributed by atoms with E-state index in [4.69, 9.17) is 9.90 Å². The molecule has 196 valence electrons. The smallest absolute Gasteiger partial charge is 0.290 e. The van der Waals surface area contributed by atoms with Gasteiger partial charge in [0, 0.05) is 31.8 Å². The van der Waals surface area contributed by atoms with Crippen molar-refractivity contribution in [2.24, 2.45) is 5.92 Å². The normalized spacial score (nSPS) is 13.9. The number of amides is 1. The van der Waals surface area contributed by atoms with Gasteiger partial charge in [0.1, 0.15) is 12.2 Å². The van der Waals surface area contributed by atoms with E-state index < -0.39 is 11.5 Å². The third-order valence-electron chi connectivity index (χ3n) is 6.45. The van der Waals surface area contributed by atoms with Crippen molar-refractivity contribution in [3.05, 3.63) is 69.6 Å². The van der Waals surface area contributed by atoms with E-state index in [1.807, 2.05) is 30.3 Å². The van der Waals surface area contributed by atoms with E-state index in [0.717, 1.165) is 50.8 Å². The first-order chi connectivity index (χ1) is 17.4. The van der Waals surface area contributed by atoms with Crippen LogP contribution in [0.15, 0.2) is 47.4 Å². The van der Waals surface area contributed by atoms with Gasteiger partial charge < -0.3 is 19.9 Å². The Morgan fingerprint density at radius 2 is 1.83 bits per heavy atom. The molecule has 0 atom stereocenters. The van der Waals surface area contributed by atoms with Gasteiger partial charge in [-0.05, 0) is 49.9 Å². The van der Waals surface area contributed by atoms with Crippen LogP contribution in [-0.2, 0) is 11.3 Å². The zero-order valence-corrected chi connectivity index (χ0v) is 20.8. The summed E-state index contributed by atoms with van der Waals surface area (Å²) in [5, 5.41) is 9.38. The number of benzene rings is 1. The Labute approximate surface area is 211 Å². The zero-order chi connectivity index (χ0) is 26.3. The lowest BCUT2D eigenvalue weighted by atomic mass is 9.91. The molecule has 1 aliphatic heterocycles. The number of pyridine rings is 1. The van der Waals surface area contributed by atoms with Crippen molar-refractivity contribution < 1.29 is 23.9 Å². The second-order valence-corrected chi connectivity index (χ2v) is 8.89. The molecule has 0 bridgehead atoms. The lowest BCUT2D eigenvalue weighted by Crippen LogP contribution is -2.35. The minimum atomic E-state index is -0.490. The molecule has 1 aliphatic rings. The number of Topliss-reactive ketones (excluding diaryl/α,β-unsaturated/α-hetero) is 1. The third kappa shape index (κ3) is 9.03. The van der Waals surface area contributed by atoms with Gasteiger partial charge >= 0.3 is 0 Å². The number of ketones is 1. The Balaban J connectivity index is 0.00000145. The first-order valence-electron chi connectivity index (χ1n) is 12.3. The monoisotopic (exact) mass is 501 g/mol. The molecule has 0 aliphatic carbocycles. The Morgan fingerprint density at radius 1 is 1.17 bits per heavy atom. The number of carbonyl (C=O) groups excluding carboxylic acids is 2. The summed E-state index contributed by atoms with van der Waals surface area (Å²) in [6.07, 6.45) is 6.96. The van der Waals surface area contributed by atoms with Crippen molar-refractivity contribution in [2.75, 3.05) is 33.4 Å². The molecule has 9 heteroatoms. The SMILES string of the molecule is CNC(=O)c1cc(C(=O)CCCCC2CCN(CCF)CC2)cn(Cc2ccccc2)c1=O.O=CO. The summed E-state index contributed by atoms with van der Waals surface area (Å²) >= 11 is 0. The second-order valence-electron chi connectivity index (χ2n) is 8.89. The van der Waals surface area contributed by atoms with Gasteiger partial charge in [0.2, 0.25) is 0 Å². The number of carbonyl (C=O) groups is 3. The molecule has 0 saturated carbocycles. The van der Waals surface area contributed by atoms with Crippen LogP contribution < -0.4 is 10.9 Å². The quantitative estimate of drug-likeness (QED) is 0.278. The fraction of sp³-hybridized carbons (Fsp3) is 0.481. The van der Waals surface area contributed by atoms with Gasteiger partial charge in [-0.2, -0.15) is 0 Å². The number of halogens is 1. The predicted octanol–water partition coefficient (Wildman–Crippen LogP) is 3.38. The van der Waals surface area contributed by atoms with Crippen molar-refractivity contribution in [3.63, 3.8) is 0 Å². The average molecular weight is 502 g/mol. The number of aromatic nitrogens is 1. The van der Waals surface area contributed by atoms with Crippen LogP contribution in [0.2, 0.25) is 0 Å². The number of piperidine rings is 1. The molecule has 0 unspecified atom stereocenters. The molecule has 2 N–H and O–H groups in total. The van der Waals surface area contributed by atoms with Crippen LogP contribution in [0.5, 0.6) is 0 Å². The van der Waals surface area contributed by atoms with E-state index in [1.54, 1.807) is 6.20 Å². The molecule has 3 rings (SSSR count). The first kappa shape index (κ1) is 28.9. The standard InChI is InChI=1S/C26H34FN3O3.CH2O2/c1-28-25(32)23-17-22(19-30(26(23)33)18-21-8-3-2-4-9-21)24(31)10-6-5-7-20-11-14-29(15-12-20)16-13-27;2-1-3/h2-4,8-9,17,19-20H,5-7,10-16,18H2,1H3,(H,28,32);1H,(H,2,3). The average Bonchev–Trinajstić information content (AvgIpc) is 2.89. The fourth-order valence-corrected chi connectivity index (χ4v) is 4.46. The van der Waals surface area contributed by atoms with E-state index in [-0.39, 0.29) is 24.5 Å². The summed E-state index contributed by atoms with van der Waals surface area (Å²) in [6.45, 7) is 2.21. The van der Waals surface area contributed by atoms with E-state index in [2.05, 4.69) is 10.2 Å². The molecule has 0 spiro atoms. The lowest BCUT2D eigenvalue weighted by molar-refractivity contribution is -0.122. The van der Waals surface area contributed by atoms with Crippen LogP contribution in [-0.4, -0.2) is 66.1 Å². The van der Waals surface area contributed by atoms with Gasteiger partial charge in [0.05, 0.1) is 6.54 Å². The van der Waals surface area contributed by atoms with Gasteiger partial charge in [-0.25, -0.2) is 4.39 Å². The minimum absolute atomic E-state index is 0.0145. The molecular weight excluding hydrogens is 465 g/mol. The highest BCUT2D eigenvalue weighted by Crippen LogP contribution is 2.23. The van der Waals surface area contributed by atoms with Crippen LogP contribution in [0.3, 0.4) is 0 Å². The number of rotatable bonds is 11. The number of nitrogens with zero attached hydrogens (tertiary/aromatic N) is 2. The van der Waals surface area contributed by atoms with Gasteiger partial charge in [-0.3, -0.25) is 19.2 Å². The van der Waals surface area contributed by atoms with Crippen molar-refractivity contribution >= 4 is 18.2 Å². The summed E-state index contributed by atoms with van der Waals surface area (Å²) in [6, 6.07) is 10.9. The third-order valence-corrected chi connectivity index (χ3v) is 6.45. The summed E-state index contributed by atoms with van der Waals surface area (Å²) in [4.78, 5) is 48.5. The number of unbranched alkanes of at least 4 members (excludes halogenated alkanes) is 1. The molecule has 0 radical (unpaired) electrons. The van der Waals surface area contributed by atoms with Crippen molar-refractivity contribution in [1.29, 1.82) is 0 Å². The summed E-state index contributed by atoms with van der Waals surface area (Å²) in [7, 11) is 1.47. The Hall–Kier alpha value is -3.33. The largest absolute Gasteiger partial charge is 0.483 e. The highest BCUT2D eigenvalue weighted by atomic mass is 19.1. The van der Waals surface area contributed by atoms with Crippen molar-refractivity contribution in [3.8, 4) is 0 Å². The number of nitrogens with one attached hydrogen (secondary N) is 1. The van der Waals surface area contributed by atoms with E-state index in [1.165, 1.54) is 17.7 Å². The Bertz CT molecular complexity index is 1030. The molecular formula is C27H36FN3O5. The maximum atomic E-state index is 12.9. The molecule has 1 fully saturated rings. The van der Waals surface area contributed by atoms with Crippen LogP contribution in [0.25, 0.3) is 0 Å². The van der Waals surface area contributed by atoms with Crippen LogP contribution in [0, 0.1) is 5.92 Å². The van der Waals surface area contributed by atoms with Gasteiger partial charge in [0.15, 0.2) is 5.78 Å².